The van der Waals surface area contributed by atoms with Crippen molar-refractivity contribution in [1.29, 1.82) is 0 Å². The van der Waals surface area contributed by atoms with Crippen LogP contribution in [0.15, 0.2) is 42.7 Å². The summed E-state index contributed by atoms with van der Waals surface area (Å²) in [5.74, 6) is 1.24. The molecule has 0 saturated carbocycles. The number of benzene rings is 1. The van der Waals surface area contributed by atoms with Gasteiger partial charge in [0, 0.05) is 29.2 Å². The largest absolute Gasteiger partial charge is 0.493 e. The van der Waals surface area contributed by atoms with E-state index in [-0.39, 0.29) is 0 Å². The number of para-hydroxylation sites is 1. The number of carbonyl (C=O) groups is 1. The molecule has 0 atom stereocenters. The van der Waals surface area contributed by atoms with E-state index in [2.05, 4.69) is 10.3 Å². The highest BCUT2D eigenvalue weighted by Gasteiger charge is 2.09. The van der Waals surface area contributed by atoms with Gasteiger partial charge in [-0.15, -0.1) is 0 Å². The van der Waals surface area contributed by atoms with Crippen LogP contribution in [-0.2, 0) is 4.79 Å². The summed E-state index contributed by atoms with van der Waals surface area (Å²) in [6.45, 7) is 0. The maximum absolute atomic E-state index is 10.8. The Morgan fingerprint density at radius 1 is 1.14 bits per heavy atom. The number of ether oxygens (including phenoxy) is 2. The molecule has 0 aliphatic rings. The second kappa shape index (κ2) is 7.09. The minimum atomic E-state index is 0.610. The molecule has 1 aromatic heterocycles. The lowest BCUT2D eigenvalue weighted by molar-refractivity contribution is -0.108. The fraction of sp³-hybridized carbons (Fsp3) is 0.125. The van der Waals surface area contributed by atoms with Gasteiger partial charge in [-0.25, -0.2) is 0 Å². The summed E-state index contributed by atoms with van der Waals surface area (Å²) in [5, 5.41) is 2.69. The molecule has 0 fully saturated rings. The zero-order valence-corrected chi connectivity index (χ0v) is 11.9. The summed E-state index contributed by atoms with van der Waals surface area (Å²) in [7, 11) is 3.16. The van der Waals surface area contributed by atoms with Gasteiger partial charge in [0.1, 0.15) is 0 Å². The lowest BCUT2D eigenvalue weighted by Crippen LogP contribution is -2.09. The van der Waals surface area contributed by atoms with Crippen LogP contribution in [0, 0.1) is 0 Å². The van der Waals surface area contributed by atoms with E-state index in [1.807, 2.05) is 36.4 Å². The van der Waals surface area contributed by atoms with E-state index in [1.165, 1.54) is 0 Å². The van der Waals surface area contributed by atoms with Crippen LogP contribution in [0.1, 0.15) is 11.1 Å². The Labute approximate surface area is 123 Å². The summed E-state index contributed by atoms with van der Waals surface area (Å²) in [5.41, 5.74) is 2.30. The Morgan fingerprint density at radius 2 is 1.90 bits per heavy atom. The molecule has 5 nitrogen and oxygen atoms in total. The topological polar surface area (TPSA) is 60.5 Å². The molecule has 0 unspecified atom stereocenters. The van der Waals surface area contributed by atoms with Crippen LogP contribution in [0.25, 0.3) is 11.8 Å². The molecule has 0 spiro atoms. The number of hydrogen-bond donors (Lipinski definition) is 1. The third kappa shape index (κ3) is 3.39. The van der Waals surface area contributed by atoms with E-state index in [0.717, 1.165) is 11.1 Å². The number of methoxy groups -OCH3 is 2. The van der Waals surface area contributed by atoms with Crippen molar-refractivity contribution in [3.05, 3.63) is 53.9 Å². The van der Waals surface area contributed by atoms with E-state index < -0.39 is 0 Å². The van der Waals surface area contributed by atoms with Gasteiger partial charge in [-0.2, -0.15) is 0 Å². The number of nitrogens with one attached hydrogen (secondary N) is 1. The van der Waals surface area contributed by atoms with E-state index in [0.29, 0.717) is 23.6 Å². The van der Waals surface area contributed by atoms with Gasteiger partial charge in [0.15, 0.2) is 11.5 Å². The quantitative estimate of drug-likeness (QED) is 0.827. The van der Waals surface area contributed by atoms with Gasteiger partial charge in [0.2, 0.25) is 6.41 Å². The standard InChI is InChI=1S/C16H16N2O3/c1-20-15-5-3-4-13(16(15)21-2)10-14(18-11-19)12-6-8-17-9-7-12/h3-11H,1-2H3,(H,18,19)/b14-10+. The van der Waals surface area contributed by atoms with E-state index in [4.69, 9.17) is 9.47 Å². The number of aromatic nitrogens is 1. The number of pyridine rings is 1. The molecule has 2 rings (SSSR count). The third-order valence-corrected chi connectivity index (χ3v) is 2.94. The number of amides is 1. The van der Waals surface area contributed by atoms with Gasteiger partial charge >= 0.3 is 0 Å². The maximum atomic E-state index is 10.8. The lowest BCUT2D eigenvalue weighted by Gasteiger charge is -2.12. The van der Waals surface area contributed by atoms with Crippen molar-refractivity contribution < 1.29 is 14.3 Å². The molecule has 0 saturated heterocycles. The average Bonchev–Trinajstić information content (AvgIpc) is 2.55. The first-order valence-electron chi connectivity index (χ1n) is 6.33. The Hall–Kier alpha value is -2.82. The first-order chi connectivity index (χ1) is 10.3. The summed E-state index contributed by atoms with van der Waals surface area (Å²) in [4.78, 5) is 14.8. The highest BCUT2D eigenvalue weighted by molar-refractivity contribution is 5.87. The fourth-order valence-corrected chi connectivity index (χ4v) is 1.98. The van der Waals surface area contributed by atoms with Crippen molar-refractivity contribution in [1.82, 2.24) is 10.3 Å². The van der Waals surface area contributed by atoms with E-state index in [9.17, 15) is 4.79 Å². The predicted molar refractivity (Wildman–Crippen MR) is 80.9 cm³/mol. The van der Waals surface area contributed by atoms with Gasteiger partial charge < -0.3 is 14.8 Å². The van der Waals surface area contributed by atoms with Gasteiger partial charge in [-0.05, 0) is 24.3 Å². The smallest absolute Gasteiger partial charge is 0.211 e. The van der Waals surface area contributed by atoms with Crippen LogP contribution in [0.4, 0.5) is 0 Å². The molecule has 1 aromatic carbocycles. The van der Waals surface area contributed by atoms with Crippen molar-refractivity contribution in [3.8, 4) is 11.5 Å². The molecule has 5 heteroatoms. The molecule has 0 aliphatic heterocycles. The number of rotatable bonds is 6. The molecule has 0 bridgehead atoms. The third-order valence-electron chi connectivity index (χ3n) is 2.94. The van der Waals surface area contributed by atoms with Crippen LogP contribution >= 0.6 is 0 Å². The van der Waals surface area contributed by atoms with Crippen LogP contribution in [0.2, 0.25) is 0 Å². The highest BCUT2D eigenvalue weighted by Crippen LogP contribution is 2.32. The minimum Gasteiger partial charge on any atom is -0.493 e. The van der Waals surface area contributed by atoms with Crippen molar-refractivity contribution in [2.24, 2.45) is 0 Å². The normalized spacial score (nSPS) is 10.9. The molecule has 1 amide bonds. The number of nitrogens with zero attached hydrogens (tertiary/aromatic N) is 1. The number of hydrogen-bond acceptors (Lipinski definition) is 4. The summed E-state index contributed by atoms with van der Waals surface area (Å²) >= 11 is 0. The zero-order chi connectivity index (χ0) is 15.1. The first kappa shape index (κ1) is 14.6. The van der Waals surface area contributed by atoms with Crippen molar-refractivity contribution in [2.45, 2.75) is 0 Å². The highest BCUT2D eigenvalue weighted by atomic mass is 16.5. The Bertz CT molecular complexity index is 639. The molecule has 108 valence electrons. The molecule has 0 radical (unpaired) electrons. The zero-order valence-electron chi connectivity index (χ0n) is 11.9. The monoisotopic (exact) mass is 284 g/mol. The second-order valence-corrected chi connectivity index (χ2v) is 4.14. The van der Waals surface area contributed by atoms with Gasteiger partial charge in [0.25, 0.3) is 0 Å². The van der Waals surface area contributed by atoms with Crippen molar-refractivity contribution in [3.63, 3.8) is 0 Å². The fourth-order valence-electron chi connectivity index (χ4n) is 1.98. The molecule has 21 heavy (non-hydrogen) atoms. The molecular formula is C16H16N2O3. The van der Waals surface area contributed by atoms with Crippen LogP contribution < -0.4 is 14.8 Å². The molecule has 0 aliphatic carbocycles. The minimum absolute atomic E-state index is 0.610. The predicted octanol–water partition coefficient (Wildman–Crippen LogP) is 2.34. The van der Waals surface area contributed by atoms with Crippen molar-refractivity contribution >= 4 is 18.2 Å². The summed E-state index contributed by atoms with van der Waals surface area (Å²) < 4.78 is 10.7. The second-order valence-electron chi connectivity index (χ2n) is 4.14. The van der Waals surface area contributed by atoms with Gasteiger partial charge in [0.05, 0.1) is 14.2 Å². The average molecular weight is 284 g/mol. The van der Waals surface area contributed by atoms with E-state index in [1.54, 1.807) is 26.6 Å². The van der Waals surface area contributed by atoms with E-state index >= 15 is 0 Å². The SMILES string of the molecule is COc1cccc(/C=C(/NC=O)c2ccncc2)c1OC. The van der Waals surface area contributed by atoms with Gasteiger partial charge in [-0.1, -0.05) is 12.1 Å². The van der Waals surface area contributed by atoms with Crippen LogP contribution in [0.5, 0.6) is 11.5 Å². The van der Waals surface area contributed by atoms with Crippen molar-refractivity contribution in [2.75, 3.05) is 14.2 Å². The Morgan fingerprint density at radius 3 is 2.52 bits per heavy atom. The molecule has 2 aromatic rings. The molecular weight excluding hydrogens is 268 g/mol. The summed E-state index contributed by atoms with van der Waals surface area (Å²) in [6, 6.07) is 9.19. The number of carbonyl (C=O) groups excluding carboxylic acids is 1. The summed E-state index contributed by atoms with van der Waals surface area (Å²) in [6.07, 6.45) is 5.79. The van der Waals surface area contributed by atoms with Crippen LogP contribution in [0.3, 0.4) is 0 Å². The molecule has 1 N–H and O–H groups in total. The Kier molecular flexibility index (Phi) is 4.93. The lowest BCUT2D eigenvalue weighted by atomic mass is 10.1. The Balaban J connectivity index is 2.50. The maximum Gasteiger partial charge on any atom is 0.211 e. The molecule has 1 heterocycles. The first-order valence-corrected chi connectivity index (χ1v) is 6.33. The van der Waals surface area contributed by atoms with Gasteiger partial charge in [-0.3, -0.25) is 9.78 Å². The van der Waals surface area contributed by atoms with Crippen LogP contribution in [-0.4, -0.2) is 25.6 Å².